The number of nitrogens with zero attached hydrogens (tertiary/aromatic N) is 2. The van der Waals surface area contributed by atoms with E-state index in [4.69, 9.17) is 0 Å². The Labute approximate surface area is 169 Å². The number of thioether (sulfide) groups is 1. The van der Waals surface area contributed by atoms with Gasteiger partial charge < -0.3 is 4.90 Å². The Morgan fingerprint density at radius 1 is 0.897 bits per heavy atom. The minimum Gasteiger partial charge on any atom is -0.339 e. The van der Waals surface area contributed by atoms with E-state index < -0.39 is 32.4 Å². The molecule has 1 aliphatic rings. The number of rotatable bonds is 5. The third kappa shape index (κ3) is 4.73. The molecule has 1 heterocycles. The topological polar surface area (TPSA) is 57.7 Å². The van der Waals surface area contributed by atoms with Crippen LogP contribution in [-0.2, 0) is 14.8 Å². The minimum atomic E-state index is -4.37. The standard InChI is InChI=1S/C18H16F4N2O3S2/c19-12-1-3-13(4-2-12)28-11-16(25)23-7-9-24(10-8-23)29(26,27)15-6-5-14(20)17(21)18(15)22/h1-6H,7-11H2. The molecule has 156 valence electrons. The maximum absolute atomic E-state index is 13.9. The van der Waals surface area contributed by atoms with Gasteiger partial charge in [-0.05, 0) is 36.4 Å². The molecule has 0 N–H and O–H groups in total. The molecule has 2 aromatic rings. The molecule has 1 aliphatic heterocycles. The summed E-state index contributed by atoms with van der Waals surface area (Å²) < 4.78 is 79.3. The lowest BCUT2D eigenvalue weighted by atomic mass is 10.3. The molecule has 0 aromatic heterocycles. The van der Waals surface area contributed by atoms with Gasteiger partial charge in [-0.25, -0.2) is 26.0 Å². The van der Waals surface area contributed by atoms with Crippen LogP contribution in [-0.4, -0.2) is 55.5 Å². The highest BCUT2D eigenvalue weighted by Gasteiger charge is 2.33. The summed E-state index contributed by atoms with van der Waals surface area (Å²) in [7, 11) is -4.37. The van der Waals surface area contributed by atoms with E-state index in [1.54, 1.807) is 12.1 Å². The highest BCUT2D eigenvalue weighted by Crippen LogP contribution is 2.24. The minimum absolute atomic E-state index is 0.0767. The third-order valence-electron chi connectivity index (χ3n) is 4.38. The summed E-state index contributed by atoms with van der Waals surface area (Å²) >= 11 is 1.22. The fourth-order valence-corrected chi connectivity index (χ4v) is 5.07. The Morgan fingerprint density at radius 3 is 2.14 bits per heavy atom. The predicted octanol–water partition coefficient (Wildman–Crippen LogP) is 2.87. The Hall–Kier alpha value is -2.11. The average Bonchev–Trinajstić information content (AvgIpc) is 2.71. The van der Waals surface area contributed by atoms with E-state index in [0.717, 1.165) is 9.20 Å². The Bertz CT molecular complexity index is 1010. The summed E-state index contributed by atoms with van der Waals surface area (Å²) in [6, 6.07) is 6.90. The quantitative estimate of drug-likeness (QED) is 0.401. The molecular weight excluding hydrogens is 432 g/mol. The van der Waals surface area contributed by atoms with Crippen molar-refractivity contribution in [2.45, 2.75) is 9.79 Å². The van der Waals surface area contributed by atoms with Crippen LogP contribution in [0.1, 0.15) is 0 Å². The smallest absolute Gasteiger partial charge is 0.246 e. The fourth-order valence-electron chi connectivity index (χ4n) is 2.79. The molecule has 0 radical (unpaired) electrons. The Balaban J connectivity index is 1.60. The van der Waals surface area contributed by atoms with Crippen LogP contribution in [0.4, 0.5) is 17.6 Å². The summed E-state index contributed by atoms with van der Waals surface area (Å²) in [5.74, 6) is -5.60. The van der Waals surface area contributed by atoms with E-state index in [2.05, 4.69) is 0 Å². The van der Waals surface area contributed by atoms with Crippen LogP contribution >= 0.6 is 11.8 Å². The molecule has 0 bridgehead atoms. The number of halogens is 4. The normalized spacial score (nSPS) is 15.5. The van der Waals surface area contributed by atoms with Crippen LogP contribution in [0.2, 0.25) is 0 Å². The molecule has 0 aliphatic carbocycles. The second-order valence-electron chi connectivity index (χ2n) is 6.20. The zero-order valence-corrected chi connectivity index (χ0v) is 16.6. The van der Waals surface area contributed by atoms with Gasteiger partial charge in [0.2, 0.25) is 15.9 Å². The van der Waals surface area contributed by atoms with Crippen molar-refractivity contribution < 1.29 is 30.8 Å². The first-order valence-corrected chi connectivity index (χ1v) is 10.9. The lowest BCUT2D eigenvalue weighted by Crippen LogP contribution is -2.51. The first-order chi connectivity index (χ1) is 13.7. The van der Waals surface area contributed by atoms with E-state index >= 15 is 0 Å². The van der Waals surface area contributed by atoms with Crippen LogP contribution < -0.4 is 0 Å². The van der Waals surface area contributed by atoms with Crippen molar-refractivity contribution in [2.24, 2.45) is 0 Å². The molecule has 29 heavy (non-hydrogen) atoms. The van der Waals surface area contributed by atoms with Crippen molar-refractivity contribution in [3.63, 3.8) is 0 Å². The van der Waals surface area contributed by atoms with Crippen molar-refractivity contribution in [3.8, 4) is 0 Å². The number of benzene rings is 2. The van der Waals surface area contributed by atoms with Crippen LogP contribution in [0.25, 0.3) is 0 Å². The number of amides is 1. The third-order valence-corrected chi connectivity index (χ3v) is 7.30. The molecule has 2 aromatic carbocycles. The number of carbonyl (C=O) groups is 1. The van der Waals surface area contributed by atoms with Gasteiger partial charge in [-0.2, -0.15) is 4.31 Å². The summed E-state index contributed by atoms with van der Waals surface area (Å²) in [4.78, 5) is 13.6. The highest BCUT2D eigenvalue weighted by atomic mass is 32.2. The van der Waals surface area contributed by atoms with Gasteiger partial charge in [0.25, 0.3) is 0 Å². The molecule has 1 fully saturated rings. The highest BCUT2D eigenvalue weighted by molar-refractivity contribution is 8.00. The van der Waals surface area contributed by atoms with Gasteiger partial charge in [0.1, 0.15) is 10.7 Å². The van der Waals surface area contributed by atoms with Crippen molar-refractivity contribution in [2.75, 3.05) is 31.9 Å². The number of sulfonamides is 1. The van der Waals surface area contributed by atoms with Gasteiger partial charge in [0, 0.05) is 31.1 Å². The SMILES string of the molecule is O=C(CSc1ccc(F)cc1)N1CCN(S(=O)(=O)c2ccc(F)c(F)c2F)CC1. The maximum Gasteiger partial charge on any atom is 0.246 e. The van der Waals surface area contributed by atoms with Crippen molar-refractivity contribution in [1.29, 1.82) is 0 Å². The van der Waals surface area contributed by atoms with Gasteiger partial charge in [-0.1, -0.05) is 0 Å². The van der Waals surface area contributed by atoms with Crippen LogP contribution in [0.3, 0.4) is 0 Å². The molecule has 0 unspecified atom stereocenters. The number of piperazine rings is 1. The summed E-state index contributed by atoms with van der Waals surface area (Å²) in [6.45, 7) is -0.0535. The zero-order valence-electron chi connectivity index (χ0n) is 14.9. The van der Waals surface area contributed by atoms with Crippen LogP contribution in [0.5, 0.6) is 0 Å². The first kappa shape index (κ1) is 21.6. The van der Waals surface area contributed by atoms with Crippen molar-refractivity contribution in [3.05, 3.63) is 59.7 Å². The fraction of sp³-hybridized carbons (Fsp3) is 0.278. The molecule has 0 saturated carbocycles. The van der Waals surface area contributed by atoms with E-state index in [9.17, 15) is 30.8 Å². The molecular formula is C18H16F4N2O3S2. The van der Waals surface area contributed by atoms with Gasteiger partial charge in [-0.15, -0.1) is 11.8 Å². The van der Waals surface area contributed by atoms with E-state index in [1.807, 2.05) is 0 Å². The average molecular weight is 448 g/mol. The Kier molecular flexibility index (Phi) is 6.49. The van der Waals surface area contributed by atoms with Gasteiger partial charge in [-0.3, -0.25) is 4.79 Å². The molecule has 3 rings (SSSR count). The Morgan fingerprint density at radius 2 is 1.52 bits per heavy atom. The predicted molar refractivity (Wildman–Crippen MR) is 98.8 cm³/mol. The van der Waals surface area contributed by atoms with Gasteiger partial charge >= 0.3 is 0 Å². The lowest BCUT2D eigenvalue weighted by Gasteiger charge is -2.34. The first-order valence-electron chi connectivity index (χ1n) is 8.50. The molecule has 1 saturated heterocycles. The van der Waals surface area contributed by atoms with Crippen LogP contribution in [0.15, 0.2) is 46.2 Å². The zero-order chi connectivity index (χ0) is 21.2. The van der Waals surface area contributed by atoms with Gasteiger partial charge in [0.05, 0.1) is 5.75 Å². The van der Waals surface area contributed by atoms with Gasteiger partial charge in [0.15, 0.2) is 17.5 Å². The second kappa shape index (κ2) is 8.72. The lowest BCUT2D eigenvalue weighted by molar-refractivity contribution is -0.129. The van der Waals surface area contributed by atoms with Crippen molar-refractivity contribution in [1.82, 2.24) is 9.21 Å². The molecule has 1 amide bonds. The van der Waals surface area contributed by atoms with E-state index in [-0.39, 0.29) is 43.7 Å². The molecule has 5 nitrogen and oxygen atoms in total. The van der Waals surface area contributed by atoms with E-state index in [1.165, 1.54) is 28.8 Å². The molecule has 11 heteroatoms. The number of hydrogen-bond acceptors (Lipinski definition) is 4. The molecule has 0 spiro atoms. The van der Waals surface area contributed by atoms with E-state index in [0.29, 0.717) is 12.1 Å². The second-order valence-corrected chi connectivity index (χ2v) is 9.16. The summed E-state index contributed by atoms with van der Waals surface area (Å²) in [5, 5.41) is 0. The summed E-state index contributed by atoms with van der Waals surface area (Å²) in [5.41, 5.74) is 0. The monoisotopic (exact) mass is 448 g/mol. The molecule has 0 atom stereocenters. The summed E-state index contributed by atoms with van der Waals surface area (Å²) in [6.07, 6.45) is 0. The van der Waals surface area contributed by atoms with Crippen molar-refractivity contribution >= 4 is 27.7 Å². The van der Waals surface area contributed by atoms with Crippen LogP contribution in [0, 0.1) is 23.3 Å². The number of hydrogen-bond donors (Lipinski definition) is 0. The number of carbonyl (C=O) groups excluding carboxylic acids is 1. The largest absolute Gasteiger partial charge is 0.339 e. The maximum atomic E-state index is 13.9.